The Balaban J connectivity index is 2.60. The fraction of sp³-hybridized carbons (Fsp3) is 0.533. The molecule has 0 unspecified atom stereocenters. The van der Waals surface area contributed by atoms with Gasteiger partial charge in [0.1, 0.15) is 5.75 Å². The first-order chi connectivity index (χ1) is 9.06. The number of carbonyl (C=O) groups excluding carboxylic acids is 1. The number of nitrogens with one attached hydrogen (secondary N) is 1. The molecule has 1 aromatic carbocycles. The van der Waals surface area contributed by atoms with Gasteiger partial charge in [-0.1, -0.05) is 37.9 Å². The molecule has 19 heavy (non-hydrogen) atoms. The van der Waals surface area contributed by atoms with Crippen LogP contribution in [0.15, 0.2) is 24.3 Å². The Bertz CT molecular complexity index is 409. The van der Waals surface area contributed by atoms with E-state index in [9.17, 15) is 4.79 Å². The average molecular weight is 284 g/mol. The first-order valence-corrected chi connectivity index (χ1v) is 7.17. The molecule has 1 rings (SSSR count). The zero-order valence-electron chi connectivity index (χ0n) is 11.8. The van der Waals surface area contributed by atoms with Gasteiger partial charge >= 0.3 is 0 Å². The lowest BCUT2D eigenvalue weighted by molar-refractivity contribution is -0.128. The fourth-order valence-corrected chi connectivity index (χ4v) is 2.05. The van der Waals surface area contributed by atoms with Gasteiger partial charge in [-0.2, -0.15) is 0 Å². The van der Waals surface area contributed by atoms with Crippen LogP contribution in [0.2, 0.25) is 5.02 Å². The van der Waals surface area contributed by atoms with Crippen molar-refractivity contribution < 1.29 is 9.53 Å². The Labute approximate surface area is 120 Å². The van der Waals surface area contributed by atoms with Crippen molar-refractivity contribution in [3.63, 3.8) is 0 Å². The lowest BCUT2D eigenvalue weighted by Crippen LogP contribution is -2.42. The molecule has 1 N–H and O–H groups in total. The van der Waals surface area contributed by atoms with E-state index in [0.29, 0.717) is 17.2 Å². The Morgan fingerprint density at radius 2 is 2.16 bits per heavy atom. The summed E-state index contributed by atoms with van der Waals surface area (Å²) in [7, 11) is 0. The Hall–Kier alpha value is -1.22. The summed E-state index contributed by atoms with van der Waals surface area (Å²) in [6.07, 6.45) is 2.17. The zero-order valence-corrected chi connectivity index (χ0v) is 12.5. The van der Waals surface area contributed by atoms with Crippen LogP contribution in [0.4, 0.5) is 0 Å². The third-order valence-corrected chi connectivity index (χ3v) is 3.08. The second-order valence-electron chi connectivity index (χ2n) is 4.67. The minimum Gasteiger partial charge on any atom is -0.481 e. The predicted octanol–water partition coefficient (Wildman–Crippen LogP) is 3.80. The van der Waals surface area contributed by atoms with Crippen LogP contribution in [-0.4, -0.2) is 18.1 Å². The van der Waals surface area contributed by atoms with E-state index in [4.69, 9.17) is 16.3 Å². The van der Waals surface area contributed by atoms with E-state index in [1.807, 2.05) is 19.9 Å². The Morgan fingerprint density at radius 3 is 2.74 bits per heavy atom. The number of carbonyl (C=O) groups is 1. The van der Waals surface area contributed by atoms with Crippen LogP contribution in [0, 0.1) is 0 Å². The number of hydrogen-bond acceptors (Lipinski definition) is 2. The minimum absolute atomic E-state index is 0.0663. The molecule has 0 saturated carbocycles. The number of hydrogen-bond donors (Lipinski definition) is 1. The van der Waals surface area contributed by atoms with Gasteiger partial charge in [0.15, 0.2) is 6.10 Å². The SMILES string of the molecule is CCC[C@H](C)NC(=O)[C@@H](CC)Oc1cccc(Cl)c1. The summed E-state index contributed by atoms with van der Waals surface area (Å²) < 4.78 is 5.69. The third-order valence-electron chi connectivity index (χ3n) is 2.85. The van der Waals surface area contributed by atoms with Crippen molar-refractivity contribution in [1.29, 1.82) is 0 Å². The van der Waals surface area contributed by atoms with Crippen LogP contribution in [0.3, 0.4) is 0 Å². The molecule has 0 spiro atoms. The van der Waals surface area contributed by atoms with Crippen LogP contribution >= 0.6 is 11.6 Å². The minimum atomic E-state index is -0.474. The number of rotatable bonds is 7. The molecule has 2 atom stereocenters. The topological polar surface area (TPSA) is 38.3 Å². The van der Waals surface area contributed by atoms with Gasteiger partial charge in [0, 0.05) is 11.1 Å². The molecule has 106 valence electrons. The van der Waals surface area contributed by atoms with Gasteiger partial charge in [0.2, 0.25) is 0 Å². The van der Waals surface area contributed by atoms with E-state index >= 15 is 0 Å². The first kappa shape index (κ1) is 15.8. The molecule has 3 nitrogen and oxygen atoms in total. The van der Waals surface area contributed by atoms with E-state index in [0.717, 1.165) is 12.8 Å². The summed E-state index contributed by atoms with van der Waals surface area (Å²) in [6.45, 7) is 6.04. The molecule has 0 bridgehead atoms. The number of benzene rings is 1. The molecule has 0 aliphatic carbocycles. The largest absolute Gasteiger partial charge is 0.481 e. The normalized spacial score (nSPS) is 13.7. The summed E-state index contributed by atoms with van der Waals surface area (Å²) >= 11 is 5.90. The monoisotopic (exact) mass is 283 g/mol. The predicted molar refractivity (Wildman–Crippen MR) is 78.7 cm³/mol. The highest BCUT2D eigenvalue weighted by atomic mass is 35.5. The van der Waals surface area contributed by atoms with Gasteiger partial charge in [-0.25, -0.2) is 0 Å². The molecule has 4 heteroatoms. The van der Waals surface area contributed by atoms with Crippen molar-refractivity contribution in [2.75, 3.05) is 0 Å². The molecule has 0 aliphatic rings. The van der Waals surface area contributed by atoms with Crippen LogP contribution in [0.1, 0.15) is 40.0 Å². The van der Waals surface area contributed by atoms with Crippen molar-refractivity contribution >= 4 is 17.5 Å². The molecule has 0 aromatic heterocycles. The van der Waals surface area contributed by atoms with Gasteiger partial charge in [0.05, 0.1) is 0 Å². The van der Waals surface area contributed by atoms with Gasteiger partial charge in [-0.15, -0.1) is 0 Å². The molecule has 1 amide bonds. The van der Waals surface area contributed by atoms with Crippen molar-refractivity contribution in [3.8, 4) is 5.75 Å². The maximum Gasteiger partial charge on any atom is 0.261 e. The third kappa shape index (κ3) is 5.52. The summed E-state index contributed by atoms with van der Waals surface area (Å²) in [5.41, 5.74) is 0. The summed E-state index contributed by atoms with van der Waals surface area (Å²) in [6, 6.07) is 7.28. The lowest BCUT2D eigenvalue weighted by atomic mass is 10.1. The fourth-order valence-electron chi connectivity index (χ4n) is 1.87. The number of ether oxygens (including phenoxy) is 1. The lowest BCUT2D eigenvalue weighted by Gasteiger charge is -2.20. The van der Waals surface area contributed by atoms with Crippen LogP contribution in [0.5, 0.6) is 5.75 Å². The van der Waals surface area contributed by atoms with Gasteiger partial charge in [0.25, 0.3) is 5.91 Å². The van der Waals surface area contributed by atoms with E-state index in [-0.39, 0.29) is 11.9 Å². The summed E-state index contributed by atoms with van der Waals surface area (Å²) in [5, 5.41) is 3.57. The van der Waals surface area contributed by atoms with Gasteiger partial charge < -0.3 is 10.1 Å². The van der Waals surface area contributed by atoms with Gasteiger partial charge in [-0.05, 0) is 38.0 Å². The zero-order chi connectivity index (χ0) is 14.3. The van der Waals surface area contributed by atoms with Crippen molar-refractivity contribution in [2.45, 2.75) is 52.2 Å². The molecule has 0 saturated heterocycles. The highest BCUT2D eigenvalue weighted by molar-refractivity contribution is 6.30. The maximum absolute atomic E-state index is 12.1. The second-order valence-corrected chi connectivity index (χ2v) is 5.11. The Morgan fingerprint density at radius 1 is 1.42 bits per heavy atom. The van der Waals surface area contributed by atoms with Crippen molar-refractivity contribution in [1.82, 2.24) is 5.32 Å². The highest BCUT2D eigenvalue weighted by Crippen LogP contribution is 2.19. The quantitative estimate of drug-likeness (QED) is 0.826. The molecular weight excluding hydrogens is 262 g/mol. The van der Waals surface area contributed by atoms with Crippen molar-refractivity contribution in [2.24, 2.45) is 0 Å². The first-order valence-electron chi connectivity index (χ1n) is 6.79. The second kappa shape index (κ2) is 8.05. The maximum atomic E-state index is 12.1. The van der Waals surface area contributed by atoms with Crippen molar-refractivity contribution in [3.05, 3.63) is 29.3 Å². The van der Waals surface area contributed by atoms with Gasteiger partial charge in [-0.3, -0.25) is 4.79 Å². The smallest absolute Gasteiger partial charge is 0.261 e. The standard InChI is InChI=1S/C15H22ClNO2/c1-4-7-11(3)17-15(18)14(5-2)19-13-9-6-8-12(16)10-13/h6,8-11,14H,4-5,7H2,1-3H3,(H,17,18)/t11-,14+/m0/s1. The molecule has 0 aliphatic heterocycles. The van der Waals surface area contributed by atoms with E-state index in [2.05, 4.69) is 12.2 Å². The molecule has 1 aromatic rings. The molecule has 0 heterocycles. The molecule has 0 fully saturated rings. The van der Waals surface area contributed by atoms with E-state index in [1.165, 1.54) is 0 Å². The van der Waals surface area contributed by atoms with Crippen LogP contribution in [0.25, 0.3) is 0 Å². The highest BCUT2D eigenvalue weighted by Gasteiger charge is 2.19. The molecule has 0 radical (unpaired) electrons. The Kier molecular flexibility index (Phi) is 6.71. The summed E-state index contributed by atoms with van der Waals surface area (Å²) in [4.78, 5) is 12.1. The number of amides is 1. The number of halogens is 1. The average Bonchev–Trinajstić information content (AvgIpc) is 2.36. The molecular formula is C15H22ClNO2. The van der Waals surface area contributed by atoms with E-state index < -0.39 is 6.10 Å². The van der Waals surface area contributed by atoms with Crippen LogP contribution in [-0.2, 0) is 4.79 Å². The summed E-state index contributed by atoms with van der Waals surface area (Å²) in [5.74, 6) is 0.557. The van der Waals surface area contributed by atoms with E-state index in [1.54, 1.807) is 18.2 Å². The van der Waals surface area contributed by atoms with Crippen LogP contribution < -0.4 is 10.1 Å².